The van der Waals surface area contributed by atoms with Gasteiger partial charge in [0.05, 0.1) is 27.1 Å². The molecule has 4 aromatic rings. The van der Waals surface area contributed by atoms with Gasteiger partial charge in [0.25, 0.3) is 5.69 Å². The maximum atomic E-state index is 12.7. The number of nitrogens with zero attached hydrogens (tertiary/aromatic N) is 2. The molecular formula is C20H12F3N3O3. The van der Waals surface area contributed by atoms with Crippen LogP contribution in [0.1, 0.15) is 5.56 Å². The van der Waals surface area contributed by atoms with Crippen LogP contribution in [0.15, 0.2) is 66.7 Å². The lowest BCUT2D eigenvalue weighted by Gasteiger charge is -2.11. The minimum atomic E-state index is -4.45. The van der Waals surface area contributed by atoms with E-state index < -0.39 is 16.7 Å². The van der Waals surface area contributed by atoms with E-state index in [1.807, 2.05) is 6.07 Å². The molecule has 0 unspecified atom stereocenters. The summed E-state index contributed by atoms with van der Waals surface area (Å²) in [6.07, 6.45) is -4.45. The first-order chi connectivity index (χ1) is 13.8. The lowest BCUT2D eigenvalue weighted by molar-refractivity contribution is -0.384. The summed E-state index contributed by atoms with van der Waals surface area (Å²) in [5, 5.41) is 11.2. The van der Waals surface area contributed by atoms with Crippen molar-refractivity contribution in [1.29, 1.82) is 0 Å². The number of alkyl halides is 3. The number of aromatic nitrogens is 2. The number of nitro groups is 1. The largest absolute Gasteiger partial charge is 0.457 e. The fourth-order valence-electron chi connectivity index (χ4n) is 2.82. The first kappa shape index (κ1) is 18.5. The zero-order valence-corrected chi connectivity index (χ0v) is 14.6. The second-order valence-electron chi connectivity index (χ2n) is 6.16. The molecule has 4 rings (SSSR count). The molecule has 1 N–H and O–H groups in total. The van der Waals surface area contributed by atoms with Crippen molar-refractivity contribution < 1.29 is 22.8 Å². The van der Waals surface area contributed by atoms with Gasteiger partial charge in [0.1, 0.15) is 17.3 Å². The Morgan fingerprint density at radius 3 is 2.38 bits per heavy atom. The summed E-state index contributed by atoms with van der Waals surface area (Å²) in [6.45, 7) is 0. The van der Waals surface area contributed by atoms with Crippen LogP contribution in [0.4, 0.5) is 18.9 Å². The van der Waals surface area contributed by atoms with Crippen molar-refractivity contribution in [3.63, 3.8) is 0 Å². The highest BCUT2D eigenvalue weighted by atomic mass is 19.4. The number of para-hydroxylation sites is 2. The molecule has 29 heavy (non-hydrogen) atoms. The molecule has 0 atom stereocenters. The third-order valence-corrected chi connectivity index (χ3v) is 4.23. The van der Waals surface area contributed by atoms with Gasteiger partial charge in [-0.1, -0.05) is 12.1 Å². The fraction of sp³-hybridized carbons (Fsp3) is 0.0500. The van der Waals surface area contributed by atoms with Crippen LogP contribution in [0.5, 0.6) is 11.5 Å². The zero-order chi connectivity index (χ0) is 20.6. The summed E-state index contributed by atoms with van der Waals surface area (Å²) in [5.41, 5.74) is 0.741. The molecule has 0 amide bonds. The monoisotopic (exact) mass is 399 g/mol. The summed E-state index contributed by atoms with van der Waals surface area (Å²) in [6, 6.07) is 15.3. The molecule has 0 aliphatic carbocycles. The van der Waals surface area contributed by atoms with Crippen molar-refractivity contribution in [3.05, 3.63) is 82.4 Å². The van der Waals surface area contributed by atoms with Crippen LogP contribution in [0, 0.1) is 10.1 Å². The SMILES string of the molecule is O=[N+]([O-])c1ccc(Oc2ccc(C(F)(F)F)cc2)c(-c2nc3ccccc3[nH]2)c1. The maximum absolute atomic E-state index is 12.7. The first-order valence-corrected chi connectivity index (χ1v) is 8.40. The molecule has 0 aliphatic rings. The standard InChI is InChI=1S/C20H12F3N3O3/c21-20(22,23)12-5-8-14(9-6-12)29-18-10-7-13(26(27)28)11-15(18)19-24-16-3-1-2-4-17(16)25-19/h1-11H,(H,24,25). The summed E-state index contributed by atoms with van der Waals surface area (Å²) < 4.78 is 43.9. The van der Waals surface area contributed by atoms with E-state index in [0.29, 0.717) is 16.9 Å². The number of non-ortho nitro benzene ring substituents is 1. The number of aromatic amines is 1. The van der Waals surface area contributed by atoms with Gasteiger partial charge >= 0.3 is 6.18 Å². The normalized spacial score (nSPS) is 11.6. The van der Waals surface area contributed by atoms with Crippen LogP contribution in [0.25, 0.3) is 22.4 Å². The van der Waals surface area contributed by atoms with Crippen molar-refractivity contribution in [2.24, 2.45) is 0 Å². The molecule has 6 nitrogen and oxygen atoms in total. The molecule has 0 radical (unpaired) electrons. The Kier molecular flexibility index (Phi) is 4.42. The van der Waals surface area contributed by atoms with Gasteiger partial charge in [-0.05, 0) is 42.5 Å². The summed E-state index contributed by atoms with van der Waals surface area (Å²) in [4.78, 5) is 18.1. The summed E-state index contributed by atoms with van der Waals surface area (Å²) in [7, 11) is 0. The number of nitrogens with one attached hydrogen (secondary N) is 1. The Morgan fingerprint density at radius 1 is 1.00 bits per heavy atom. The molecule has 0 saturated carbocycles. The first-order valence-electron chi connectivity index (χ1n) is 8.40. The summed E-state index contributed by atoms with van der Waals surface area (Å²) >= 11 is 0. The number of hydrogen-bond donors (Lipinski definition) is 1. The molecule has 0 spiro atoms. The number of halogens is 3. The number of nitro benzene ring substituents is 1. The van der Waals surface area contributed by atoms with Crippen LogP contribution in [0.2, 0.25) is 0 Å². The van der Waals surface area contributed by atoms with Gasteiger partial charge in [-0.2, -0.15) is 13.2 Å². The highest BCUT2D eigenvalue weighted by Gasteiger charge is 2.30. The molecule has 9 heteroatoms. The van der Waals surface area contributed by atoms with Crippen LogP contribution in [0.3, 0.4) is 0 Å². The Bertz CT molecular complexity index is 1170. The van der Waals surface area contributed by atoms with Crippen molar-refractivity contribution >= 4 is 16.7 Å². The highest BCUT2D eigenvalue weighted by molar-refractivity contribution is 5.81. The molecule has 0 bridgehead atoms. The zero-order valence-electron chi connectivity index (χ0n) is 14.6. The van der Waals surface area contributed by atoms with Gasteiger partial charge in [0.15, 0.2) is 0 Å². The van der Waals surface area contributed by atoms with E-state index in [1.54, 1.807) is 18.2 Å². The van der Waals surface area contributed by atoms with Gasteiger partial charge in [0, 0.05) is 12.1 Å². The van der Waals surface area contributed by atoms with Gasteiger partial charge in [0.2, 0.25) is 0 Å². The number of rotatable bonds is 4. The predicted octanol–water partition coefficient (Wildman–Crippen LogP) is 5.95. The van der Waals surface area contributed by atoms with E-state index in [1.165, 1.54) is 30.3 Å². The molecule has 0 fully saturated rings. The molecule has 0 saturated heterocycles. The maximum Gasteiger partial charge on any atom is 0.416 e. The number of ether oxygens (including phenoxy) is 1. The highest BCUT2D eigenvalue weighted by Crippen LogP contribution is 2.37. The number of imidazole rings is 1. The number of H-pyrrole nitrogens is 1. The minimum absolute atomic E-state index is 0.157. The lowest BCUT2D eigenvalue weighted by Crippen LogP contribution is -2.04. The average molecular weight is 399 g/mol. The van der Waals surface area contributed by atoms with Crippen molar-refractivity contribution in [3.8, 4) is 22.9 Å². The smallest absolute Gasteiger partial charge is 0.416 e. The minimum Gasteiger partial charge on any atom is -0.457 e. The van der Waals surface area contributed by atoms with E-state index in [2.05, 4.69) is 9.97 Å². The molecule has 3 aromatic carbocycles. The van der Waals surface area contributed by atoms with Crippen LogP contribution in [-0.2, 0) is 6.18 Å². The van der Waals surface area contributed by atoms with Gasteiger partial charge in [-0.3, -0.25) is 10.1 Å². The van der Waals surface area contributed by atoms with E-state index in [-0.39, 0.29) is 17.2 Å². The van der Waals surface area contributed by atoms with E-state index in [0.717, 1.165) is 17.6 Å². The van der Waals surface area contributed by atoms with Crippen LogP contribution >= 0.6 is 0 Å². The lowest BCUT2D eigenvalue weighted by atomic mass is 10.1. The Balaban J connectivity index is 1.76. The number of hydrogen-bond acceptors (Lipinski definition) is 4. The fourth-order valence-corrected chi connectivity index (χ4v) is 2.82. The quantitative estimate of drug-likeness (QED) is 0.340. The van der Waals surface area contributed by atoms with Crippen LogP contribution < -0.4 is 4.74 Å². The molecule has 146 valence electrons. The van der Waals surface area contributed by atoms with Crippen molar-refractivity contribution in [2.75, 3.05) is 0 Å². The summed E-state index contributed by atoms with van der Waals surface area (Å²) in [5.74, 6) is 0.718. The molecule has 1 aromatic heterocycles. The Morgan fingerprint density at radius 2 is 1.72 bits per heavy atom. The van der Waals surface area contributed by atoms with Crippen molar-refractivity contribution in [1.82, 2.24) is 9.97 Å². The van der Waals surface area contributed by atoms with Gasteiger partial charge < -0.3 is 9.72 Å². The predicted molar refractivity (Wildman–Crippen MR) is 99.7 cm³/mol. The Hall–Kier alpha value is -3.88. The second kappa shape index (κ2) is 6.93. The van der Waals surface area contributed by atoms with Gasteiger partial charge in [-0.15, -0.1) is 0 Å². The topological polar surface area (TPSA) is 81.1 Å². The number of benzene rings is 3. The van der Waals surface area contributed by atoms with Crippen LogP contribution in [-0.4, -0.2) is 14.9 Å². The van der Waals surface area contributed by atoms with Gasteiger partial charge in [-0.25, -0.2) is 4.98 Å². The van der Waals surface area contributed by atoms with Crippen molar-refractivity contribution in [2.45, 2.75) is 6.18 Å². The third-order valence-electron chi connectivity index (χ3n) is 4.23. The second-order valence-corrected chi connectivity index (χ2v) is 6.16. The third kappa shape index (κ3) is 3.75. The Labute approximate surface area is 161 Å². The van der Waals surface area contributed by atoms with E-state index in [9.17, 15) is 23.3 Å². The van der Waals surface area contributed by atoms with E-state index in [4.69, 9.17) is 4.74 Å². The number of fused-ring (bicyclic) bond motifs is 1. The molecular weight excluding hydrogens is 387 g/mol. The molecule has 0 aliphatic heterocycles. The molecule has 1 heterocycles. The average Bonchev–Trinajstić information content (AvgIpc) is 3.12. The van der Waals surface area contributed by atoms with E-state index >= 15 is 0 Å².